The third-order valence-corrected chi connectivity index (χ3v) is 4.98. The summed E-state index contributed by atoms with van der Waals surface area (Å²) >= 11 is 0. The molecule has 3 atom stereocenters. The predicted molar refractivity (Wildman–Crippen MR) is 89.2 cm³/mol. The second kappa shape index (κ2) is 7.01. The van der Waals surface area contributed by atoms with Crippen molar-refractivity contribution in [3.05, 3.63) is 48.0 Å². The van der Waals surface area contributed by atoms with Gasteiger partial charge >= 0.3 is 0 Å². The molecular weight excluding hydrogens is 304 g/mol. The van der Waals surface area contributed by atoms with Crippen LogP contribution in [0.4, 0.5) is 0 Å². The van der Waals surface area contributed by atoms with E-state index in [0.29, 0.717) is 12.6 Å². The monoisotopic (exact) mass is 328 g/mol. The maximum Gasteiger partial charge on any atom is 0.0992 e. The van der Waals surface area contributed by atoms with E-state index in [4.69, 9.17) is 9.47 Å². The molecule has 3 heterocycles. The Bertz CT molecular complexity index is 660. The fourth-order valence-electron chi connectivity index (χ4n) is 3.84. The first-order valence-electron chi connectivity index (χ1n) is 8.63. The lowest BCUT2D eigenvalue weighted by Crippen LogP contribution is -2.51. The molecule has 0 radical (unpaired) electrons. The van der Waals surface area contributed by atoms with Crippen molar-refractivity contribution in [1.82, 2.24) is 19.7 Å². The predicted octanol–water partition coefficient (Wildman–Crippen LogP) is 1.76. The smallest absolute Gasteiger partial charge is 0.0992 e. The van der Waals surface area contributed by atoms with Crippen molar-refractivity contribution in [2.24, 2.45) is 7.05 Å². The van der Waals surface area contributed by atoms with Crippen LogP contribution in [0, 0.1) is 0 Å². The molecule has 24 heavy (non-hydrogen) atoms. The van der Waals surface area contributed by atoms with Crippen LogP contribution in [0.15, 0.2) is 36.9 Å². The van der Waals surface area contributed by atoms with Crippen molar-refractivity contribution >= 4 is 0 Å². The Morgan fingerprint density at radius 2 is 2.25 bits per heavy atom. The molecule has 1 saturated carbocycles. The molecule has 0 unspecified atom stereocenters. The van der Waals surface area contributed by atoms with Crippen molar-refractivity contribution in [3.8, 4) is 0 Å². The molecule has 2 aromatic heterocycles. The third-order valence-electron chi connectivity index (χ3n) is 4.98. The zero-order valence-corrected chi connectivity index (χ0v) is 14.0. The van der Waals surface area contributed by atoms with E-state index in [0.717, 1.165) is 38.1 Å². The second-order valence-electron chi connectivity index (χ2n) is 6.68. The molecule has 4 rings (SSSR count). The Hall–Kier alpha value is -1.76. The summed E-state index contributed by atoms with van der Waals surface area (Å²) in [7, 11) is 1.96. The molecule has 2 aromatic rings. The van der Waals surface area contributed by atoms with Crippen LogP contribution in [0.3, 0.4) is 0 Å². The number of aryl methyl sites for hydroxylation is 1. The minimum absolute atomic E-state index is 0.173. The van der Waals surface area contributed by atoms with E-state index >= 15 is 0 Å². The number of hydrogen-bond acceptors (Lipinski definition) is 5. The van der Waals surface area contributed by atoms with Gasteiger partial charge in [0.25, 0.3) is 0 Å². The fourth-order valence-corrected chi connectivity index (χ4v) is 3.84. The minimum atomic E-state index is 0.173. The van der Waals surface area contributed by atoms with Gasteiger partial charge in [0.05, 0.1) is 31.6 Å². The maximum absolute atomic E-state index is 6.15. The number of nitrogens with zero attached hydrogens (tertiary/aromatic N) is 4. The van der Waals surface area contributed by atoms with Crippen molar-refractivity contribution < 1.29 is 9.47 Å². The first kappa shape index (κ1) is 15.7. The highest BCUT2D eigenvalue weighted by atomic mass is 16.5. The Labute approximate surface area is 142 Å². The minimum Gasteiger partial charge on any atom is -0.373 e. The molecule has 0 aromatic carbocycles. The van der Waals surface area contributed by atoms with E-state index in [1.807, 2.05) is 30.2 Å². The van der Waals surface area contributed by atoms with Crippen molar-refractivity contribution in [3.63, 3.8) is 0 Å². The van der Waals surface area contributed by atoms with E-state index in [-0.39, 0.29) is 12.2 Å². The van der Waals surface area contributed by atoms with Gasteiger partial charge < -0.3 is 9.47 Å². The van der Waals surface area contributed by atoms with Gasteiger partial charge in [-0.2, -0.15) is 5.10 Å². The van der Waals surface area contributed by atoms with Crippen LogP contribution in [0.5, 0.6) is 0 Å². The van der Waals surface area contributed by atoms with Gasteiger partial charge in [-0.25, -0.2) is 0 Å². The zero-order chi connectivity index (χ0) is 16.4. The molecular formula is C18H24N4O2. The summed E-state index contributed by atoms with van der Waals surface area (Å²) in [5, 5.41) is 4.27. The number of rotatable bonds is 5. The number of pyridine rings is 1. The first-order valence-corrected chi connectivity index (χ1v) is 8.63. The van der Waals surface area contributed by atoms with Crippen LogP contribution in [0.1, 0.15) is 24.0 Å². The van der Waals surface area contributed by atoms with Gasteiger partial charge in [0.2, 0.25) is 0 Å². The fraction of sp³-hybridized carbons (Fsp3) is 0.556. The number of aromatic nitrogens is 3. The molecule has 1 saturated heterocycles. The number of fused-ring (bicyclic) bond motifs is 1. The summed E-state index contributed by atoms with van der Waals surface area (Å²) < 4.78 is 14.1. The van der Waals surface area contributed by atoms with Gasteiger partial charge in [-0.15, -0.1) is 0 Å². The van der Waals surface area contributed by atoms with Gasteiger partial charge in [-0.05, 0) is 24.5 Å². The standard InChI is InChI=1S/C18H24N4O2/c1-21-11-15(10-20-21)12-22-7-8-23-18-16(22)4-5-17(18)24-13-14-3-2-6-19-9-14/h2-3,6,9-11,16-18H,4-5,7-8,12-13H2,1H3/t16-,17+,18+/m0/s1. The normalized spacial score (nSPS) is 27.3. The van der Waals surface area contributed by atoms with E-state index in [9.17, 15) is 0 Å². The van der Waals surface area contributed by atoms with E-state index in [1.54, 1.807) is 6.20 Å². The molecule has 1 aliphatic carbocycles. The average molecular weight is 328 g/mol. The highest BCUT2D eigenvalue weighted by Crippen LogP contribution is 2.33. The summed E-state index contributed by atoms with van der Waals surface area (Å²) in [6, 6.07) is 4.44. The Morgan fingerprint density at radius 1 is 1.29 bits per heavy atom. The molecule has 2 aliphatic rings. The van der Waals surface area contributed by atoms with Gasteiger partial charge in [0, 0.05) is 50.3 Å². The molecule has 0 N–H and O–H groups in total. The van der Waals surface area contributed by atoms with Crippen LogP contribution in [0.2, 0.25) is 0 Å². The number of hydrogen-bond donors (Lipinski definition) is 0. The molecule has 0 bridgehead atoms. The van der Waals surface area contributed by atoms with Crippen LogP contribution in [-0.2, 0) is 29.7 Å². The summed E-state index contributed by atoms with van der Waals surface area (Å²) in [6.07, 6.45) is 10.2. The van der Waals surface area contributed by atoms with E-state index in [1.165, 1.54) is 5.56 Å². The number of morpholine rings is 1. The van der Waals surface area contributed by atoms with Crippen LogP contribution in [-0.4, -0.2) is 51.1 Å². The van der Waals surface area contributed by atoms with Crippen LogP contribution >= 0.6 is 0 Å². The molecule has 6 nitrogen and oxygen atoms in total. The molecule has 0 amide bonds. The summed E-state index contributed by atoms with van der Waals surface area (Å²) in [4.78, 5) is 6.67. The lowest BCUT2D eigenvalue weighted by atomic mass is 10.1. The maximum atomic E-state index is 6.15. The SMILES string of the molecule is Cn1cc(CN2CCO[C@H]3[C@H](OCc4cccnc4)CC[C@@H]32)cn1. The van der Waals surface area contributed by atoms with Gasteiger partial charge in [-0.1, -0.05) is 6.07 Å². The number of ether oxygens (including phenoxy) is 2. The average Bonchev–Trinajstić information content (AvgIpc) is 3.21. The lowest BCUT2D eigenvalue weighted by Gasteiger charge is -2.38. The molecule has 0 spiro atoms. The third kappa shape index (κ3) is 3.36. The van der Waals surface area contributed by atoms with Gasteiger partial charge in [-0.3, -0.25) is 14.6 Å². The summed E-state index contributed by atoms with van der Waals surface area (Å²) in [5.74, 6) is 0. The summed E-state index contributed by atoms with van der Waals surface area (Å²) in [6.45, 7) is 3.29. The summed E-state index contributed by atoms with van der Waals surface area (Å²) in [5.41, 5.74) is 2.38. The van der Waals surface area contributed by atoms with E-state index in [2.05, 4.69) is 27.2 Å². The first-order chi connectivity index (χ1) is 11.8. The molecule has 6 heteroatoms. The molecule has 1 aliphatic heterocycles. The second-order valence-corrected chi connectivity index (χ2v) is 6.68. The highest BCUT2D eigenvalue weighted by Gasteiger charge is 2.43. The van der Waals surface area contributed by atoms with Crippen LogP contribution < -0.4 is 0 Å². The largest absolute Gasteiger partial charge is 0.373 e. The Kier molecular flexibility index (Phi) is 4.60. The zero-order valence-electron chi connectivity index (χ0n) is 14.0. The quantitative estimate of drug-likeness (QED) is 0.837. The molecule has 128 valence electrons. The van der Waals surface area contributed by atoms with Gasteiger partial charge in [0.1, 0.15) is 0 Å². The van der Waals surface area contributed by atoms with Gasteiger partial charge in [0.15, 0.2) is 0 Å². The van der Waals surface area contributed by atoms with E-state index < -0.39 is 0 Å². The molecule has 2 fully saturated rings. The topological polar surface area (TPSA) is 52.4 Å². The Morgan fingerprint density at radius 3 is 3.04 bits per heavy atom. The van der Waals surface area contributed by atoms with Crippen molar-refractivity contribution in [2.45, 2.75) is 44.2 Å². The van der Waals surface area contributed by atoms with Crippen LogP contribution in [0.25, 0.3) is 0 Å². The highest BCUT2D eigenvalue weighted by molar-refractivity contribution is 5.08. The van der Waals surface area contributed by atoms with Crippen molar-refractivity contribution in [2.75, 3.05) is 13.2 Å². The lowest BCUT2D eigenvalue weighted by molar-refractivity contribution is -0.118. The Balaban J connectivity index is 1.37. The van der Waals surface area contributed by atoms with Crippen molar-refractivity contribution in [1.29, 1.82) is 0 Å².